The summed E-state index contributed by atoms with van der Waals surface area (Å²) in [7, 11) is 0. The van der Waals surface area contributed by atoms with Crippen LogP contribution in [0.25, 0.3) is 28.0 Å². The predicted molar refractivity (Wildman–Crippen MR) is 105 cm³/mol. The molecule has 1 aliphatic rings. The number of hydrogen-bond donors (Lipinski definition) is 0. The highest BCUT2D eigenvalue weighted by Gasteiger charge is 2.20. The van der Waals surface area contributed by atoms with E-state index in [2.05, 4.69) is 87.0 Å². The van der Waals surface area contributed by atoms with Crippen molar-refractivity contribution in [1.29, 1.82) is 0 Å². The van der Waals surface area contributed by atoms with Crippen LogP contribution in [0, 0.1) is 12.3 Å². The molecule has 0 aromatic heterocycles. The molecule has 1 atom stereocenters. The zero-order chi connectivity index (χ0) is 16.5. The van der Waals surface area contributed by atoms with Gasteiger partial charge in [0.05, 0.1) is 0 Å². The summed E-state index contributed by atoms with van der Waals surface area (Å²) < 4.78 is 0. The van der Waals surface area contributed by atoms with Crippen molar-refractivity contribution in [2.75, 3.05) is 0 Å². The van der Waals surface area contributed by atoms with Crippen LogP contribution in [0.1, 0.15) is 37.8 Å². The SMILES string of the molecule is CCCC(C)C1=Cc2c(cccc2-c2ccc3ccccc3c2)[CH]1. The van der Waals surface area contributed by atoms with Crippen LogP contribution >= 0.6 is 0 Å². The van der Waals surface area contributed by atoms with Gasteiger partial charge in [-0.2, -0.15) is 0 Å². The Morgan fingerprint density at radius 3 is 2.54 bits per heavy atom. The van der Waals surface area contributed by atoms with Gasteiger partial charge < -0.3 is 0 Å². The first-order valence-electron chi connectivity index (χ1n) is 8.95. The van der Waals surface area contributed by atoms with E-state index in [1.54, 1.807) is 0 Å². The minimum atomic E-state index is 0.631. The maximum atomic E-state index is 2.40. The zero-order valence-electron chi connectivity index (χ0n) is 14.4. The molecule has 0 N–H and O–H groups in total. The predicted octanol–water partition coefficient (Wildman–Crippen LogP) is 6.89. The van der Waals surface area contributed by atoms with Gasteiger partial charge >= 0.3 is 0 Å². The Labute approximate surface area is 144 Å². The highest BCUT2D eigenvalue weighted by Crippen LogP contribution is 2.39. The van der Waals surface area contributed by atoms with E-state index in [0.29, 0.717) is 5.92 Å². The van der Waals surface area contributed by atoms with Crippen LogP contribution in [-0.4, -0.2) is 0 Å². The molecule has 4 rings (SSSR count). The van der Waals surface area contributed by atoms with E-state index in [4.69, 9.17) is 0 Å². The van der Waals surface area contributed by atoms with E-state index in [1.807, 2.05) is 0 Å². The molecule has 0 aliphatic heterocycles. The van der Waals surface area contributed by atoms with E-state index in [1.165, 1.54) is 51.4 Å². The van der Waals surface area contributed by atoms with Gasteiger partial charge in [0.2, 0.25) is 0 Å². The minimum absolute atomic E-state index is 0.631. The average Bonchev–Trinajstić information content (AvgIpc) is 3.06. The van der Waals surface area contributed by atoms with Gasteiger partial charge in [0.25, 0.3) is 0 Å². The van der Waals surface area contributed by atoms with Gasteiger partial charge in [0.1, 0.15) is 0 Å². The van der Waals surface area contributed by atoms with Crippen molar-refractivity contribution >= 4 is 16.8 Å². The Morgan fingerprint density at radius 1 is 0.875 bits per heavy atom. The number of fused-ring (bicyclic) bond motifs is 2. The number of benzene rings is 3. The fourth-order valence-corrected chi connectivity index (χ4v) is 3.75. The van der Waals surface area contributed by atoms with Crippen LogP contribution in [0.4, 0.5) is 0 Å². The van der Waals surface area contributed by atoms with Gasteiger partial charge in [-0.25, -0.2) is 0 Å². The summed E-state index contributed by atoms with van der Waals surface area (Å²) in [6, 6.07) is 22.0. The fraction of sp³-hybridized carbons (Fsp3) is 0.208. The van der Waals surface area contributed by atoms with Crippen molar-refractivity contribution in [3.8, 4) is 11.1 Å². The normalized spacial score (nSPS) is 14.5. The molecule has 0 fully saturated rings. The summed E-state index contributed by atoms with van der Waals surface area (Å²) in [5.74, 6) is 0.631. The molecule has 0 heteroatoms. The number of rotatable bonds is 4. The lowest BCUT2D eigenvalue weighted by Crippen LogP contribution is -1.96. The third-order valence-corrected chi connectivity index (χ3v) is 5.12. The molecule has 1 radical (unpaired) electrons. The smallest absolute Gasteiger partial charge is 0.0167 e. The lowest BCUT2D eigenvalue weighted by atomic mass is 9.95. The molecular weight excluding hydrogens is 288 g/mol. The van der Waals surface area contributed by atoms with Crippen molar-refractivity contribution < 1.29 is 0 Å². The number of allylic oxidation sites excluding steroid dienone is 1. The third-order valence-electron chi connectivity index (χ3n) is 5.12. The summed E-state index contributed by atoms with van der Waals surface area (Å²) in [4.78, 5) is 0. The molecule has 0 saturated heterocycles. The maximum absolute atomic E-state index is 2.40. The first-order valence-corrected chi connectivity index (χ1v) is 8.95. The molecule has 0 heterocycles. The van der Waals surface area contributed by atoms with Gasteiger partial charge in [-0.1, -0.05) is 86.5 Å². The molecule has 0 amide bonds. The molecule has 0 bridgehead atoms. The van der Waals surface area contributed by atoms with Crippen LogP contribution < -0.4 is 0 Å². The second-order valence-corrected chi connectivity index (χ2v) is 6.85. The first-order chi connectivity index (χ1) is 11.8. The van der Waals surface area contributed by atoms with Crippen LogP contribution in [0.5, 0.6) is 0 Å². The summed E-state index contributed by atoms with van der Waals surface area (Å²) in [5, 5.41) is 2.60. The van der Waals surface area contributed by atoms with Gasteiger partial charge in [0.15, 0.2) is 0 Å². The van der Waals surface area contributed by atoms with E-state index in [0.717, 1.165) is 0 Å². The Morgan fingerprint density at radius 2 is 1.71 bits per heavy atom. The van der Waals surface area contributed by atoms with E-state index < -0.39 is 0 Å². The Balaban J connectivity index is 1.79. The quantitative estimate of drug-likeness (QED) is 0.492. The average molecular weight is 311 g/mol. The van der Waals surface area contributed by atoms with Gasteiger partial charge in [-0.15, -0.1) is 0 Å². The largest absolute Gasteiger partial charge is 0.0654 e. The molecule has 3 aromatic rings. The van der Waals surface area contributed by atoms with Crippen molar-refractivity contribution in [3.63, 3.8) is 0 Å². The molecule has 24 heavy (non-hydrogen) atoms. The van der Waals surface area contributed by atoms with Gasteiger partial charge in [-0.05, 0) is 51.4 Å². The topological polar surface area (TPSA) is 0 Å². The summed E-state index contributed by atoms with van der Waals surface area (Å²) in [6.45, 7) is 4.60. The molecular formula is C24H23. The second kappa shape index (κ2) is 6.28. The summed E-state index contributed by atoms with van der Waals surface area (Å²) in [5.41, 5.74) is 6.86. The molecule has 1 unspecified atom stereocenters. The van der Waals surface area contributed by atoms with Crippen molar-refractivity contribution in [2.24, 2.45) is 5.92 Å². The van der Waals surface area contributed by atoms with Crippen LogP contribution in [0.2, 0.25) is 0 Å². The lowest BCUT2D eigenvalue weighted by molar-refractivity contribution is 0.612. The highest BCUT2D eigenvalue weighted by molar-refractivity contribution is 5.90. The molecule has 0 spiro atoms. The summed E-state index contributed by atoms with van der Waals surface area (Å²) >= 11 is 0. The third kappa shape index (κ3) is 2.67. The minimum Gasteiger partial charge on any atom is -0.0654 e. The Hall–Kier alpha value is -2.34. The van der Waals surface area contributed by atoms with Crippen LogP contribution in [-0.2, 0) is 0 Å². The van der Waals surface area contributed by atoms with Gasteiger partial charge in [0, 0.05) is 6.42 Å². The monoisotopic (exact) mass is 311 g/mol. The van der Waals surface area contributed by atoms with E-state index in [-0.39, 0.29) is 0 Å². The molecule has 1 aliphatic carbocycles. The van der Waals surface area contributed by atoms with Gasteiger partial charge in [-0.3, -0.25) is 0 Å². The van der Waals surface area contributed by atoms with E-state index >= 15 is 0 Å². The lowest BCUT2D eigenvalue weighted by Gasteiger charge is -2.10. The van der Waals surface area contributed by atoms with Crippen LogP contribution in [0.15, 0.2) is 66.2 Å². The second-order valence-electron chi connectivity index (χ2n) is 6.85. The fourth-order valence-electron chi connectivity index (χ4n) is 3.75. The highest BCUT2D eigenvalue weighted by atomic mass is 14.2. The van der Waals surface area contributed by atoms with Crippen LogP contribution in [0.3, 0.4) is 0 Å². The van der Waals surface area contributed by atoms with Crippen molar-refractivity contribution in [2.45, 2.75) is 26.7 Å². The first kappa shape index (κ1) is 15.2. The molecule has 119 valence electrons. The molecule has 0 saturated carbocycles. The molecule has 3 aromatic carbocycles. The maximum Gasteiger partial charge on any atom is 0.0167 e. The molecule has 0 nitrogen and oxygen atoms in total. The zero-order valence-corrected chi connectivity index (χ0v) is 14.4. The van der Waals surface area contributed by atoms with Crippen molar-refractivity contribution in [1.82, 2.24) is 0 Å². The Bertz CT molecular complexity index is 914. The number of hydrogen-bond acceptors (Lipinski definition) is 0. The Kier molecular flexibility index (Phi) is 3.98. The van der Waals surface area contributed by atoms with Crippen molar-refractivity contribution in [3.05, 3.63) is 83.8 Å². The summed E-state index contributed by atoms with van der Waals surface area (Å²) in [6.07, 6.45) is 7.27. The standard InChI is InChI=1S/C24H23/c1-3-7-17(2)22-15-20-10-6-11-23(24(20)16-22)21-13-12-18-8-4-5-9-19(18)14-21/h4-6,8-17H,3,7H2,1-2H3. The van der Waals surface area contributed by atoms with E-state index in [9.17, 15) is 0 Å².